The van der Waals surface area contributed by atoms with Crippen LogP contribution < -0.4 is 4.43 Å². The van der Waals surface area contributed by atoms with E-state index >= 15 is 0 Å². The van der Waals surface area contributed by atoms with E-state index in [4.69, 9.17) is 4.43 Å². The van der Waals surface area contributed by atoms with Crippen LogP contribution in [0.4, 0.5) is 0 Å². The van der Waals surface area contributed by atoms with E-state index in [-0.39, 0.29) is 0 Å². The van der Waals surface area contributed by atoms with Gasteiger partial charge in [-0.25, -0.2) is 0 Å². The van der Waals surface area contributed by atoms with Gasteiger partial charge in [0.15, 0.2) is 0 Å². The molecule has 0 aliphatic rings. The summed E-state index contributed by atoms with van der Waals surface area (Å²) in [6.07, 6.45) is 0. The number of hydrogen-bond donors (Lipinski definition) is 0. The van der Waals surface area contributed by atoms with Crippen LogP contribution >= 0.6 is 0 Å². The smallest absolute Gasteiger partial charge is 0.204 e. The molecule has 0 aromatic heterocycles. The molecule has 0 spiro atoms. The minimum Gasteiger partial charge on any atom is -0.553 e. The molecule has 14 heavy (non-hydrogen) atoms. The summed E-state index contributed by atoms with van der Waals surface area (Å²) in [6.45, 7) is 8.92. The van der Waals surface area contributed by atoms with Crippen LogP contribution in [0.3, 0.4) is 0 Å². The Morgan fingerprint density at radius 3 is 2.14 bits per heavy atom. The van der Waals surface area contributed by atoms with Gasteiger partial charge in [0.2, 0.25) is 10.5 Å². The number of rotatable bonds is 3. The molecule has 78 valence electrons. The molecule has 0 amide bonds. The molecule has 0 radical (unpaired) electrons. The van der Waals surface area contributed by atoms with E-state index < -0.39 is 0 Å². The maximum Gasteiger partial charge on any atom is 0.204 e. The second kappa shape index (κ2) is 4.65. The molecular weight excluding hydrogens is 188 g/mol. The topological polar surface area (TPSA) is 9.23 Å². The standard InChI is InChI=1S/C12H20OSi/c1-8(2)10-6-5-7-11(13-14)12(10)9(3)4/h5-9H,1-4,14H3. The van der Waals surface area contributed by atoms with E-state index in [1.54, 1.807) is 0 Å². The van der Waals surface area contributed by atoms with Crippen molar-refractivity contribution in [2.24, 2.45) is 0 Å². The molecule has 0 aliphatic carbocycles. The lowest BCUT2D eigenvalue weighted by atomic mass is 9.90. The highest BCUT2D eigenvalue weighted by Crippen LogP contribution is 2.33. The Morgan fingerprint density at radius 2 is 1.71 bits per heavy atom. The minimum absolute atomic E-state index is 0.539. The van der Waals surface area contributed by atoms with Crippen LogP contribution in [0.5, 0.6) is 5.75 Å². The van der Waals surface area contributed by atoms with Crippen molar-refractivity contribution >= 4 is 10.5 Å². The Balaban J connectivity index is 3.28. The summed E-state index contributed by atoms with van der Waals surface area (Å²) in [4.78, 5) is 0. The zero-order chi connectivity index (χ0) is 10.7. The summed E-state index contributed by atoms with van der Waals surface area (Å²) >= 11 is 0. The summed E-state index contributed by atoms with van der Waals surface area (Å²) in [5.74, 6) is 2.19. The van der Waals surface area contributed by atoms with Crippen molar-refractivity contribution in [3.05, 3.63) is 29.3 Å². The molecule has 0 aliphatic heterocycles. The third-order valence-electron chi connectivity index (χ3n) is 2.52. The van der Waals surface area contributed by atoms with Gasteiger partial charge in [0.1, 0.15) is 5.75 Å². The molecule has 0 fully saturated rings. The lowest BCUT2D eigenvalue weighted by Crippen LogP contribution is -2.02. The van der Waals surface area contributed by atoms with Gasteiger partial charge in [-0.3, -0.25) is 0 Å². The fraction of sp³-hybridized carbons (Fsp3) is 0.500. The first-order chi connectivity index (χ1) is 6.57. The van der Waals surface area contributed by atoms with E-state index in [1.165, 1.54) is 11.1 Å². The van der Waals surface area contributed by atoms with Crippen molar-refractivity contribution in [2.45, 2.75) is 39.5 Å². The van der Waals surface area contributed by atoms with Crippen molar-refractivity contribution in [1.82, 2.24) is 0 Å². The summed E-state index contributed by atoms with van der Waals surface area (Å²) in [5, 5.41) is 0. The van der Waals surface area contributed by atoms with Crippen molar-refractivity contribution in [2.75, 3.05) is 0 Å². The maximum atomic E-state index is 5.54. The lowest BCUT2D eigenvalue weighted by Gasteiger charge is -2.19. The maximum absolute atomic E-state index is 5.54. The first-order valence-corrected chi connectivity index (χ1v) is 6.06. The van der Waals surface area contributed by atoms with Gasteiger partial charge in [0, 0.05) is 0 Å². The average molecular weight is 208 g/mol. The lowest BCUT2D eigenvalue weighted by molar-refractivity contribution is 0.592. The molecule has 0 unspecified atom stereocenters. The number of benzene rings is 1. The van der Waals surface area contributed by atoms with Crippen LogP contribution in [0.25, 0.3) is 0 Å². The third kappa shape index (κ3) is 2.18. The highest BCUT2D eigenvalue weighted by atomic mass is 28.2. The van der Waals surface area contributed by atoms with Gasteiger partial charge in [-0.05, 0) is 29.0 Å². The Hall–Kier alpha value is -0.763. The summed E-state index contributed by atoms with van der Waals surface area (Å²) in [7, 11) is 0.765. The fourth-order valence-electron chi connectivity index (χ4n) is 1.86. The van der Waals surface area contributed by atoms with Gasteiger partial charge in [-0.1, -0.05) is 39.8 Å². The van der Waals surface area contributed by atoms with Gasteiger partial charge < -0.3 is 4.43 Å². The molecule has 2 heteroatoms. The average Bonchev–Trinajstić information content (AvgIpc) is 2.16. The van der Waals surface area contributed by atoms with Crippen molar-refractivity contribution in [3.63, 3.8) is 0 Å². The van der Waals surface area contributed by atoms with Crippen molar-refractivity contribution < 1.29 is 4.43 Å². The minimum atomic E-state index is 0.539. The van der Waals surface area contributed by atoms with E-state index in [2.05, 4.69) is 45.9 Å². The summed E-state index contributed by atoms with van der Waals surface area (Å²) in [5.41, 5.74) is 2.81. The summed E-state index contributed by atoms with van der Waals surface area (Å²) in [6, 6.07) is 6.38. The van der Waals surface area contributed by atoms with Crippen LogP contribution in [-0.2, 0) is 0 Å². The quantitative estimate of drug-likeness (QED) is 0.694. The second-order valence-electron chi connectivity index (χ2n) is 4.27. The zero-order valence-electron chi connectivity index (χ0n) is 9.79. The van der Waals surface area contributed by atoms with E-state index in [0.29, 0.717) is 11.8 Å². The summed E-state index contributed by atoms with van der Waals surface area (Å²) < 4.78 is 5.54. The molecule has 0 N–H and O–H groups in total. The Morgan fingerprint density at radius 1 is 1.07 bits per heavy atom. The predicted molar refractivity (Wildman–Crippen MR) is 65.2 cm³/mol. The van der Waals surface area contributed by atoms with Gasteiger partial charge >= 0.3 is 0 Å². The molecule has 1 aromatic carbocycles. The van der Waals surface area contributed by atoms with Gasteiger partial charge in [-0.15, -0.1) is 0 Å². The molecule has 0 heterocycles. The molecule has 0 saturated carbocycles. The van der Waals surface area contributed by atoms with E-state index in [1.807, 2.05) is 0 Å². The van der Waals surface area contributed by atoms with Crippen molar-refractivity contribution in [1.29, 1.82) is 0 Å². The second-order valence-corrected chi connectivity index (χ2v) is 4.68. The van der Waals surface area contributed by atoms with Gasteiger partial charge in [0.05, 0.1) is 0 Å². The van der Waals surface area contributed by atoms with Crippen LogP contribution in [0.2, 0.25) is 0 Å². The predicted octanol–water partition coefficient (Wildman–Crippen LogP) is 2.59. The van der Waals surface area contributed by atoms with E-state index in [9.17, 15) is 0 Å². The third-order valence-corrected chi connectivity index (χ3v) is 2.96. The van der Waals surface area contributed by atoms with Crippen LogP contribution in [0, 0.1) is 0 Å². The highest BCUT2D eigenvalue weighted by Gasteiger charge is 2.13. The van der Waals surface area contributed by atoms with Gasteiger partial charge in [0.25, 0.3) is 0 Å². The fourth-order valence-corrected chi connectivity index (χ4v) is 2.22. The molecule has 0 atom stereocenters. The number of hydrogen-bond acceptors (Lipinski definition) is 1. The molecule has 1 aromatic rings. The van der Waals surface area contributed by atoms with Crippen LogP contribution in [-0.4, -0.2) is 10.5 Å². The molecule has 1 nitrogen and oxygen atoms in total. The first-order valence-electron chi connectivity index (χ1n) is 5.24. The van der Waals surface area contributed by atoms with Crippen molar-refractivity contribution in [3.8, 4) is 5.75 Å². The van der Waals surface area contributed by atoms with Crippen LogP contribution in [0.15, 0.2) is 18.2 Å². The zero-order valence-corrected chi connectivity index (χ0v) is 11.8. The highest BCUT2D eigenvalue weighted by molar-refractivity contribution is 6.00. The Bertz CT molecular complexity index is 305. The Kier molecular flexibility index (Phi) is 3.75. The van der Waals surface area contributed by atoms with E-state index in [0.717, 1.165) is 16.2 Å². The largest absolute Gasteiger partial charge is 0.553 e. The molecule has 0 bridgehead atoms. The van der Waals surface area contributed by atoms with Crippen LogP contribution in [0.1, 0.15) is 50.7 Å². The molecule has 0 saturated heterocycles. The first kappa shape index (κ1) is 11.3. The van der Waals surface area contributed by atoms with Gasteiger partial charge in [-0.2, -0.15) is 0 Å². The SMILES string of the molecule is CC(C)c1cccc(O[SiH3])c1C(C)C. The normalized spacial score (nSPS) is 11.3. The monoisotopic (exact) mass is 208 g/mol. The molecule has 1 rings (SSSR count). The Labute approximate surface area is 90.0 Å². The molecular formula is C12H20OSi.